The summed E-state index contributed by atoms with van der Waals surface area (Å²) in [5.74, 6) is 0. The molecule has 88 valence electrons. The highest BCUT2D eigenvalue weighted by atomic mass is 35.5. The lowest BCUT2D eigenvalue weighted by Crippen LogP contribution is -2.19. The van der Waals surface area contributed by atoms with Crippen molar-refractivity contribution in [2.24, 2.45) is 5.73 Å². The highest BCUT2D eigenvalue weighted by Crippen LogP contribution is 2.27. The van der Waals surface area contributed by atoms with Crippen LogP contribution in [0.2, 0.25) is 5.02 Å². The summed E-state index contributed by atoms with van der Waals surface area (Å²) in [7, 11) is 0. The predicted molar refractivity (Wildman–Crippen MR) is 69.8 cm³/mol. The predicted octanol–water partition coefficient (Wildman–Crippen LogP) is 3.07. The summed E-state index contributed by atoms with van der Waals surface area (Å²) < 4.78 is 0. The Morgan fingerprint density at radius 3 is 2.06 bits per heavy atom. The van der Waals surface area contributed by atoms with Gasteiger partial charge in [-0.15, -0.1) is 0 Å². The van der Waals surface area contributed by atoms with E-state index in [1.54, 1.807) is 24.3 Å². The van der Waals surface area contributed by atoms with Crippen molar-refractivity contribution in [2.75, 3.05) is 0 Å². The van der Waals surface area contributed by atoms with Gasteiger partial charge in [-0.3, -0.25) is 0 Å². The van der Waals surface area contributed by atoms with Crippen molar-refractivity contribution in [3.05, 3.63) is 70.7 Å². The Labute approximate surface area is 106 Å². The van der Waals surface area contributed by atoms with Crippen LogP contribution >= 0.6 is 11.6 Å². The Kier molecular flexibility index (Phi) is 3.79. The molecular weight excluding hydrogens is 234 g/mol. The summed E-state index contributed by atoms with van der Waals surface area (Å²) in [4.78, 5) is 0. The normalized spacial score (nSPS) is 14.3. The highest BCUT2D eigenvalue weighted by molar-refractivity contribution is 6.30. The van der Waals surface area contributed by atoms with E-state index < -0.39 is 12.1 Å². The monoisotopic (exact) mass is 247 g/mol. The first kappa shape index (κ1) is 12.1. The zero-order valence-corrected chi connectivity index (χ0v) is 10.0. The zero-order valence-electron chi connectivity index (χ0n) is 9.25. The Bertz CT molecular complexity index is 469. The van der Waals surface area contributed by atoms with E-state index in [0.29, 0.717) is 5.02 Å². The summed E-state index contributed by atoms with van der Waals surface area (Å²) in [6.07, 6.45) is -0.727. The fourth-order valence-electron chi connectivity index (χ4n) is 1.72. The Morgan fingerprint density at radius 2 is 1.47 bits per heavy atom. The van der Waals surface area contributed by atoms with Crippen molar-refractivity contribution in [1.82, 2.24) is 0 Å². The first-order valence-corrected chi connectivity index (χ1v) is 5.80. The van der Waals surface area contributed by atoms with Crippen LogP contribution in [0.15, 0.2) is 54.6 Å². The molecule has 17 heavy (non-hydrogen) atoms. The van der Waals surface area contributed by atoms with Gasteiger partial charge in [0.15, 0.2) is 0 Å². The van der Waals surface area contributed by atoms with Gasteiger partial charge in [-0.05, 0) is 23.3 Å². The summed E-state index contributed by atoms with van der Waals surface area (Å²) in [5.41, 5.74) is 7.71. The van der Waals surface area contributed by atoms with Crippen LogP contribution < -0.4 is 5.73 Å². The number of benzene rings is 2. The Balaban J connectivity index is 2.20. The molecular formula is C14H14ClNO. The molecule has 0 aliphatic carbocycles. The van der Waals surface area contributed by atoms with E-state index in [4.69, 9.17) is 17.3 Å². The third-order valence-corrected chi connectivity index (χ3v) is 2.99. The van der Waals surface area contributed by atoms with E-state index in [9.17, 15) is 5.11 Å². The van der Waals surface area contributed by atoms with E-state index in [1.165, 1.54) is 0 Å². The zero-order chi connectivity index (χ0) is 12.3. The Hall–Kier alpha value is -1.35. The fraction of sp³-hybridized carbons (Fsp3) is 0.143. The molecule has 2 atom stereocenters. The van der Waals surface area contributed by atoms with Gasteiger partial charge in [0.25, 0.3) is 0 Å². The molecule has 0 amide bonds. The largest absolute Gasteiger partial charge is 0.386 e. The van der Waals surface area contributed by atoms with E-state index in [-0.39, 0.29) is 0 Å². The minimum absolute atomic E-state index is 0.433. The average molecular weight is 248 g/mol. The number of halogens is 1. The van der Waals surface area contributed by atoms with Crippen LogP contribution in [0.5, 0.6) is 0 Å². The highest BCUT2D eigenvalue weighted by Gasteiger charge is 2.18. The van der Waals surface area contributed by atoms with Gasteiger partial charge in [0.1, 0.15) is 0 Å². The van der Waals surface area contributed by atoms with Crippen LogP contribution in [0.25, 0.3) is 0 Å². The standard InChI is InChI=1S/C14H14ClNO/c15-12-8-6-11(7-9-12)14(17)13(16)10-4-2-1-3-5-10/h1-9,13-14,17H,16H2. The van der Waals surface area contributed by atoms with Gasteiger partial charge >= 0.3 is 0 Å². The average Bonchev–Trinajstić information content (AvgIpc) is 2.39. The lowest BCUT2D eigenvalue weighted by molar-refractivity contribution is 0.147. The van der Waals surface area contributed by atoms with Crippen molar-refractivity contribution in [1.29, 1.82) is 0 Å². The van der Waals surface area contributed by atoms with Gasteiger partial charge < -0.3 is 10.8 Å². The Morgan fingerprint density at radius 1 is 0.882 bits per heavy atom. The number of aliphatic hydroxyl groups is 1. The second-order valence-electron chi connectivity index (χ2n) is 3.93. The molecule has 2 aromatic carbocycles. The number of rotatable bonds is 3. The van der Waals surface area contributed by atoms with Crippen LogP contribution in [0.1, 0.15) is 23.3 Å². The van der Waals surface area contributed by atoms with Crippen LogP contribution in [0.3, 0.4) is 0 Å². The van der Waals surface area contributed by atoms with E-state index in [2.05, 4.69) is 0 Å². The van der Waals surface area contributed by atoms with E-state index in [0.717, 1.165) is 11.1 Å². The van der Waals surface area contributed by atoms with Crippen molar-refractivity contribution in [3.63, 3.8) is 0 Å². The fourth-order valence-corrected chi connectivity index (χ4v) is 1.85. The molecule has 2 aromatic rings. The van der Waals surface area contributed by atoms with Crippen molar-refractivity contribution < 1.29 is 5.11 Å². The lowest BCUT2D eigenvalue weighted by atomic mass is 9.97. The van der Waals surface area contributed by atoms with E-state index >= 15 is 0 Å². The SMILES string of the molecule is NC(c1ccccc1)C(O)c1ccc(Cl)cc1. The van der Waals surface area contributed by atoms with Crippen molar-refractivity contribution >= 4 is 11.6 Å². The number of hydrogen-bond acceptors (Lipinski definition) is 2. The molecule has 0 radical (unpaired) electrons. The molecule has 0 spiro atoms. The molecule has 0 bridgehead atoms. The third kappa shape index (κ3) is 2.86. The van der Waals surface area contributed by atoms with Crippen molar-refractivity contribution in [3.8, 4) is 0 Å². The van der Waals surface area contributed by atoms with Gasteiger partial charge in [-0.1, -0.05) is 54.1 Å². The molecule has 0 aliphatic heterocycles. The molecule has 0 aromatic heterocycles. The molecule has 0 saturated carbocycles. The van der Waals surface area contributed by atoms with Gasteiger partial charge in [-0.25, -0.2) is 0 Å². The second-order valence-corrected chi connectivity index (χ2v) is 4.37. The quantitative estimate of drug-likeness (QED) is 0.876. The van der Waals surface area contributed by atoms with Crippen molar-refractivity contribution in [2.45, 2.75) is 12.1 Å². The van der Waals surface area contributed by atoms with Crippen LogP contribution in [-0.2, 0) is 0 Å². The molecule has 2 rings (SSSR count). The number of aliphatic hydroxyl groups excluding tert-OH is 1. The van der Waals surface area contributed by atoms with Crippen LogP contribution in [0.4, 0.5) is 0 Å². The van der Waals surface area contributed by atoms with Gasteiger partial charge in [0, 0.05) is 5.02 Å². The smallest absolute Gasteiger partial charge is 0.0982 e. The lowest BCUT2D eigenvalue weighted by Gasteiger charge is -2.19. The molecule has 3 N–H and O–H groups in total. The van der Waals surface area contributed by atoms with Gasteiger partial charge in [0.05, 0.1) is 12.1 Å². The van der Waals surface area contributed by atoms with Crippen LogP contribution in [-0.4, -0.2) is 5.11 Å². The number of hydrogen-bond donors (Lipinski definition) is 2. The third-order valence-electron chi connectivity index (χ3n) is 2.74. The van der Waals surface area contributed by atoms with Gasteiger partial charge in [0.2, 0.25) is 0 Å². The first-order valence-electron chi connectivity index (χ1n) is 5.42. The minimum atomic E-state index is -0.727. The molecule has 2 unspecified atom stereocenters. The summed E-state index contributed by atoms with van der Waals surface area (Å²) in [5, 5.41) is 10.8. The molecule has 0 saturated heterocycles. The molecule has 0 aliphatic rings. The molecule has 0 heterocycles. The van der Waals surface area contributed by atoms with Gasteiger partial charge in [-0.2, -0.15) is 0 Å². The summed E-state index contributed by atoms with van der Waals surface area (Å²) in [6, 6.07) is 16.2. The minimum Gasteiger partial charge on any atom is -0.386 e. The van der Waals surface area contributed by atoms with Crippen LogP contribution in [0, 0.1) is 0 Å². The maximum absolute atomic E-state index is 10.2. The van der Waals surface area contributed by atoms with E-state index in [1.807, 2.05) is 30.3 Å². The topological polar surface area (TPSA) is 46.2 Å². The molecule has 3 heteroatoms. The second kappa shape index (κ2) is 5.32. The maximum atomic E-state index is 10.2. The number of nitrogens with two attached hydrogens (primary N) is 1. The molecule has 2 nitrogen and oxygen atoms in total. The summed E-state index contributed by atoms with van der Waals surface area (Å²) in [6.45, 7) is 0. The summed E-state index contributed by atoms with van der Waals surface area (Å²) >= 11 is 5.80. The maximum Gasteiger partial charge on any atom is 0.0982 e. The first-order chi connectivity index (χ1) is 8.18. The molecule has 0 fully saturated rings.